The molecule has 0 N–H and O–H groups in total. The zero-order valence-electron chi connectivity index (χ0n) is 37.1. The lowest BCUT2D eigenvalue weighted by Crippen LogP contribution is -2.60. The maximum Gasteiger partial charge on any atom is 0.264 e. The van der Waals surface area contributed by atoms with Gasteiger partial charge in [0.2, 0.25) is 0 Å². The Hall–Kier alpha value is -4.99. The van der Waals surface area contributed by atoms with E-state index in [9.17, 15) is 5.26 Å². The van der Waals surface area contributed by atoms with Crippen LogP contribution in [0.1, 0.15) is 134 Å². The maximum absolute atomic E-state index is 10.2. The highest BCUT2D eigenvalue weighted by atomic mass is 32.1. The van der Waals surface area contributed by atoms with Gasteiger partial charge in [0, 0.05) is 60.3 Å². The van der Waals surface area contributed by atoms with Gasteiger partial charge in [-0.15, -0.1) is 11.3 Å². The Morgan fingerprint density at radius 1 is 0.717 bits per heavy atom. The molecule has 2 aliphatic carbocycles. The number of ether oxygens (including phenoxy) is 1. The first-order chi connectivity index (χ1) is 28.4. The summed E-state index contributed by atoms with van der Waals surface area (Å²) in [5.41, 5.74) is 17.2. The van der Waals surface area contributed by atoms with E-state index in [1.165, 1.54) is 102 Å². The van der Waals surface area contributed by atoms with Gasteiger partial charge in [0.25, 0.3) is 6.71 Å². The van der Waals surface area contributed by atoms with Gasteiger partial charge in [-0.2, -0.15) is 5.26 Å². The number of aryl methyl sites for hydroxylation is 1. The van der Waals surface area contributed by atoms with Gasteiger partial charge < -0.3 is 14.5 Å². The zero-order valence-corrected chi connectivity index (χ0v) is 37.9. The standard InChI is InChI=1S/C54H56BN3OS/c1-32-24-43-47-44(25-32)58(35-18-16-34(17-19-35)50(2,3)4)48-37-27-38-39(52(7,8)23-22-51(38,5)6)29-46(37)60-49(48)55(47)41-28-40-45(59-54(10)21-12-11-20-53(40,54)9)30-42(41)57(43)36-15-13-14-33(26-36)31-56/h13-19,24-30H,11-12,20-23H2,1-10H3. The minimum Gasteiger partial charge on any atom is -0.486 e. The summed E-state index contributed by atoms with van der Waals surface area (Å²) in [5.74, 6) is 1.02. The lowest BCUT2D eigenvalue weighted by atomic mass is 9.36. The van der Waals surface area contributed by atoms with Crippen molar-refractivity contribution in [1.82, 2.24) is 0 Å². The fraction of sp³-hybridized carbons (Fsp3) is 0.389. The molecule has 302 valence electrons. The van der Waals surface area contributed by atoms with Crippen LogP contribution in [0, 0.1) is 18.3 Å². The molecule has 0 radical (unpaired) electrons. The third kappa shape index (κ3) is 5.14. The number of hydrogen-bond acceptors (Lipinski definition) is 5. The van der Waals surface area contributed by atoms with Gasteiger partial charge in [0.15, 0.2) is 0 Å². The molecule has 0 spiro atoms. The van der Waals surface area contributed by atoms with Crippen molar-refractivity contribution in [3.05, 3.63) is 118 Å². The third-order valence-corrected chi connectivity index (χ3v) is 17.0. The number of thiophene rings is 1. The van der Waals surface area contributed by atoms with Gasteiger partial charge in [0.1, 0.15) is 11.4 Å². The Morgan fingerprint density at radius 2 is 1.40 bits per heavy atom. The summed E-state index contributed by atoms with van der Waals surface area (Å²) in [5, 5.41) is 11.5. The van der Waals surface area contributed by atoms with Gasteiger partial charge in [-0.1, -0.05) is 86.1 Å². The van der Waals surface area contributed by atoms with Crippen LogP contribution in [0.4, 0.5) is 34.1 Å². The molecule has 0 bridgehead atoms. The summed E-state index contributed by atoms with van der Waals surface area (Å²) in [6.07, 6.45) is 6.96. The van der Waals surface area contributed by atoms with E-state index in [1.54, 1.807) is 0 Å². The molecule has 0 saturated heterocycles. The molecule has 4 nitrogen and oxygen atoms in total. The SMILES string of the molecule is Cc1cc2c3c(c1)N(c1ccc(C(C)(C)C)cc1)c1c(sc4cc5c(cc14)C(C)(C)CCC5(C)C)B3c1cc3c(cc1N2c1cccc(C#N)c1)OC1(C)CCCCC31C. The molecule has 6 aromatic rings. The Bertz CT molecular complexity index is 2870. The van der Waals surface area contributed by atoms with Gasteiger partial charge in [0.05, 0.1) is 17.3 Å². The van der Waals surface area contributed by atoms with Crippen LogP contribution in [0.15, 0.2) is 84.9 Å². The van der Waals surface area contributed by atoms with Gasteiger partial charge in [-0.25, -0.2) is 0 Å². The fourth-order valence-electron chi connectivity index (χ4n) is 11.9. The smallest absolute Gasteiger partial charge is 0.264 e. The van der Waals surface area contributed by atoms with Crippen molar-refractivity contribution in [2.24, 2.45) is 0 Å². The quantitative estimate of drug-likeness (QED) is 0.163. The van der Waals surface area contributed by atoms with Crippen LogP contribution in [0.25, 0.3) is 10.1 Å². The lowest BCUT2D eigenvalue weighted by molar-refractivity contribution is 0.00741. The predicted octanol–water partition coefficient (Wildman–Crippen LogP) is 12.8. The first kappa shape index (κ1) is 38.0. The number of hydrogen-bond donors (Lipinski definition) is 0. The van der Waals surface area contributed by atoms with Crippen molar-refractivity contribution in [3.8, 4) is 11.8 Å². The first-order valence-corrected chi connectivity index (χ1v) is 23.1. The van der Waals surface area contributed by atoms with E-state index in [4.69, 9.17) is 4.74 Å². The van der Waals surface area contributed by atoms with Crippen molar-refractivity contribution in [3.63, 3.8) is 0 Å². The molecule has 0 amide bonds. The second kappa shape index (κ2) is 12.3. The summed E-state index contributed by atoms with van der Waals surface area (Å²) in [6, 6.07) is 34.9. The van der Waals surface area contributed by atoms with Crippen LogP contribution >= 0.6 is 11.3 Å². The normalized spacial score (nSPS) is 22.9. The van der Waals surface area contributed by atoms with E-state index in [0.717, 1.165) is 30.0 Å². The van der Waals surface area contributed by atoms with Crippen LogP contribution in [0.5, 0.6) is 5.75 Å². The molecule has 5 aliphatic rings. The Balaban J connectivity index is 1.26. The number of anilines is 6. The molecule has 11 rings (SSSR count). The third-order valence-electron chi connectivity index (χ3n) is 15.8. The van der Waals surface area contributed by atoms with Crippen LogP contribution < -0.4 is 30.2 Å². The van der Waals surface area contributed by atoms with E-state index >= 15 is 0 Å². The minimum absolute atomic E-state index is 0.0147. The molecule has 3 aliphatic heterocycles. The molecular formula is C54H56BN3OS. The van der Waals surface area contributed by atoms with Gasteiger partial charge in [-0.3, -0.25) is 0 Å². The molecule has 6 heteroatoms. The second-order valence-electron chi connectivity index (χ2n) is 21.5. The fourth-order valence-corrected chi connectivity index (χ4v) is 13.2. The zero-order chi connectivity index (χ0) is 41.9. The van der Waals surface area contributed by atoms with E-state index < -0.39 is 0 Å². The summed E-state index contributed by atoms with van der Waals surface area (Å²) in [4.78, 5) is 5.05. The van der Waals surface area contributed by atoms with Crippen molar-refractivity contribution in [2.75, 3.05) is 9.80 Å². The van der Waals surface area contributed by atoms with Crippen molar-refractivity contribution in [1.29, 1.82) is 5.26 Å². The molecule has 4 heterocycles. The van der Waals surface area contributed by atoms with Crippen LogP contribution in [0.2, 0.25) is 0 Å². The molecule has 5 aromatic carbocycles. The molecule has 1 saturated carbocycles. The van der Waals surface area contributed by atoms with E-state index in [-0.39, 0.29) is 34.0 Å². The highest BCUT2D eigenvalue weighted by Gasteiger charge is 2.57. The highest BCUT2D eigenvalue weighted by Crippen LogP contribution is 2.58. The second-order valence-corrected chi connectivity index (χ2v) is 22.6. The van der Waals surface area contributed by atoms with Gasteiger partial charge >= 0.3 is 0 Å². The Morgan fingerprint density at radius 3 is 2.10 bits per heavy atom. The summed E-state index contributed by atoms with van der Waals surface area (Å²) in [6.45, 7) is 23.8. The monoisotopic (exact) mass is 805 g/mol. The van der Waals surface area contributed by atoms with E-state index in [0.29, 0.717) is 5.56 Å². The summed E-state index contributed by atoms with van der Waals surface area (Å²) < 4.78 is 9.93. The molecule has 60 heavy (non-hydrogen) atoms. The summed E-state index contributed by atoms with van der Waals surface area (Å²) in [7, 11) is 0. The average Bonchev–Trinajstić information content (AvgIpc) is 3.69. The molecule has 2 unspecified atom stereocenters. The molecule has 1 aromatic heterocycles. The predicted molar refractivity (Wildman–Crippen MR) is 254 cm³/mol. The number of nitrogens with zero attached hydrogens (tertiary/aromatic N) is 3. The van der Waals surface area contributed by atoms with Gasteiger partial charge in [-0.05, 0) is 150 Å². The number of fused-ring (bicyclic) bond motifs is 10. The van der Waals surface area contributed by atoms with Crippen molar-refractivity contribution in [2.45, 2.75) is 135 Å². The Labute approximate surface area is 361 Å². The molecular weight excluding hydrogens is 749 g/mol. The van der Waals surface area contributed by atoms with Crippen LogP contribution in [-0.4, -0.2) is 12.3 Å². The van der Waals surface area contributed by atoms with Crippen LogP contribution in [-0.2, 0) is 21.7 Å². The number of nitriles is 1. The van der Waals surface area contributed by atoms with Crippen molar-refractivity contribution < 1.29 is 4.74 Å². The van der Waals surface area contributed by atoms with E-state index in [1.807, 2.05) is 23.5 Å². The Kier molecular flexibility index (Phi) is 7.80. The van der Waals surface area contributed by atoms with Crippen LogP contribution in [0.3, 0.4) is 0 Å². The summed E-state index contributed by atoms with van der Waals surface area (Å²) >= 11 is 2.01. The highest BCUT2D eigenvalue weighted by molar-refractivity contribution is 7.33. The first-order valence-electron chi connectivity index (χ1n) is 22.3. The maximum atomic E-state index is 10.2. The molecule has 2 atom stereocenters. The average molecular weight is 806 g/mol. The largest absolute Gasteiger partial charge is 0.486 e. The van der Waals surface area contributed by atoms with E-state index in [2.05, 4.69) is 158 Å². The van der Waals surface area contributed by atoms with Crippen molar-refractivity contribution >= 4 is 78.0 Å². The topological polar surface area (TPSA) is 39.5 Å². The number of rotatable bonds is 2. The lowest BCUT2D eigenvalue weighted by Gasteiger charge is -2.44. The minimum atomic E-state index is -0.248. The molecule has 1 fully saturated rings. The number of benzene rings is 5.